The summed E-state index contributed by atoms with van der Waals surface area (Å²) in [6.07, 6.45) is 1.67. The topological polar surface area (TPSA) is 116 Å². The molecule has 0 fully saturated rings. The minimum absolute atomic E-state index is 0.0419. The summed E-state index contributed by atoms with van der Waals surface area (Å²) in [4.78, 5) is 23.6. The van der Waals surface area contributed by atoms with Crippen molar-refractivity contribution in [3.8, 4) is 0 Å². The van der Waals surface area contributed by atoms with E-state index in [-0.39, 0.29) is 27.5 Å². The molecule has 1 atom stereocenters. The number of esters is 1. The Morgan fingerprint density at radius 3 is 2.67 bits per heavy atom. The fourth-order valence-electron chi connectivity index (χ4n) is 3.71. The first-order valence-corrected chi connectivity index (χ1v) is 10.2. The van der Waals surface area contributed by atoms with Crippen molar-refractivity contribution in [1.29, 1.82) is 0 Å². The van der Waals surface area contributed by atoms with Crippen LogP contribution in [-0.2, 0) is 19.4 Å². The van der Waals surface area contributed by atoms with E-state index in [4.69, 9.17) is 4.74 Å². The Balaban J connectivity index is 2.35. The van der Waals surface area contributed by atoms with Crippen LogP contribution in [0.4, 0.5) is 5.69 Å². The highest BCUT2D eigenvalue weighted by Gasteiger charge is 2.43. The average molecular weight is 392 g/mol. The largest absolute Gasteiger partial charge is 0.466 e. The second-order valence-corrected chi connectivity index (χ2v) is 8.60. The number of ether oxygens (including phenoxy) is 1. The van der Waals surface area contributed by atoms with Crippen molar-refractivity contribution in [2.75, 3.05) is 12.9 Å². The van der Waals surface area contributed by atoms with E-state index < -0.39 is 26.6 Å². The molecule has 0 aliphatic carbocycles. The Morgan fingerprint density at radius 2 is 2.00 bits per heavy atom. The molecule has 8 nitrogen and oxygen atoms in total. The van der Waals surface area contributed by atoms with Gasteiger partial charge < -0.3 is 10.1 Å². The third-order valence-electron chi connectivity index (χ3n) is 4.87. The number of para-hydroxylation sites is 1. The zero-order valence-corrected chi connectivity index (χ0v) is 15.8. The summed E-state index contributed by atoms with van der Waals surface area (Å²) in [6.45, 7) is 1.65. The number of nitro groups is 1. The number of allylic oxidation sites excluding steroid dienone is 3. The lowest BCUT2D eigenvalue weighted by atomic mass is 9.85. The summed E-state index contributed by atoms with van der Waals surface area (Å²) < 4.78 is 30.9. The van der Waals surface area contributed by atoms with E-state index >= 15 is 0 Å². The molecular weight excluding hydrogens is 372 g/mol. The maximum Gasteiger partial charge on any atom is 0.336 e. The molecule has 144 valence electrons. The fourth-order valence-corrected chi connectivity index (χ4v) is 5.65. The molecule has 2 heterocycles. The van der Waals surface area contributed by atoms with Crippen LogP contribution in [0, 0.1) is 10.1 Å². The van der Waals surface area contributed by atoms with Gasteiger partial charge in [0, 0.05) is 23.0 Å². The van der Waals surface area contributed by atoms with Crippen LogP contribution in [-0.4, -0.2) is 32.2 Å². The van der Waals surface area contributed by atoms with Crippen molar-refractivity contribution >= 4 is 21.5 Å². The normalized spacial score (nSPS) is 21.8. The predicted octanol–water partition coefficient (Wildman–Crippen LogP) is 2.54. The van der Waals surface area contributed by atoms with E-state index in [9.17, 15) is 23.3 Å². The Morgan fingerprint density at radius 1 is 1.30 bits per heavy atom. The Labute approximate surface area is 157 Å². The lowest BCUT2D eigenvalue weighted by Gasteiger charge is -2.31. The maximum absolute atomic E-state index is 13.0. The van der Waals surface area contributed by atoms with Crippen molar-refractivity contribution in [3.05, 3.63) is 61.8 Å². The van der Waals surface area contributed by atoms with E-state index in [1.165, 1.54) is 25.3 Å². The van der Waals surface area contributed by atoms with E-state index in [2.05, 4.69) is 5.32 Å². The van der Waals surface area contributed by atoms with Gasteiger partial charge in [0.05, 0.1) is 34.2 Å². The molecule has 0 aromatic heterocycles. The van der Waals surface area contributed by atoms with Crippen LogP contribution in [0.3, 0.4) is 0 Å². The van der Waals surface area contributed by atoms with Crippen LogP contribution < -0.4 is 5.32 Å². The molecule has 9 heteroatoms. The molecule has 0 radical (unpaired) electrons. The molecule has 2 aliphatic heterocycles. The number of sulfone groups is 1. The van der Waals surface area contributed by atoms with E-state index in [0.29, 0.717) is 30.7 Å². The Hall–Kier alpha value is -2.68. The van der Waals surface area contributed by atoms with Crippen LogP contribution in [0.5, 0.6) is 0 Å². The second-order valence-electron chi connectivity index (χ2n) is 6.52. The zero-order valence-electron chi connectivity index (χ0n) is 15.0. The molecule has 0 spiro atoms. The van der Waals surface area contributed by atoms with Gasteiger partial charge in [-0.15, -0.1) is 0 Å². The van der Waals surface area contributed by atoms with Gasteiger partial charge in [-0.05, 0) is 26.2 Å². The Kier molecular flexibility index (Phi) is 5.05. The number of benzene rings is 1. The molecule has 2 aliphatic rings. The quantitative estimate of drug-likeness (QED) is 0.477. The number of nitro benzene ring substituents is 1. The van der Waals surface area contributed by atoms with Crippen molar-refractivity contribution in [2.45, 2.75) is 32.1 Å². The van der Waals surface area contributed by atoms with Gasteiger partial charge in [-0.25, -0.2) is 13.2 Å². The molecule has 0 saturated carbocycles. The van der Waals surface area contributed by atoms with Crippen LogP contribution in [0.1, 0.15) is 37.7 Å². The summed E-state index contributed by atoms with van der Waals surface area (Å²) in [7, 11) is -2.51. The molecule has 0 amide bonds. The average Bonchev–Trinajstić information content (AvgIpc) is 2.78. The number of carbonyl (C=O) groups is 1. The molecule has 1 N–H and O–H groups in total. The third kappa shape index (κ3) is 3.34. The third-order valence-corrected chi connectivity index (χ3v) is 6.84. The molecule has 0 saturated heterocycles. The number of dihydropyridines is 1. The predicted molar refractivity (Wildman–Crippen MR) is 98.4 cm³/mol. The van der Waals surface area contributed by atoms with E-state index in [1.54, 1.807) is 13.0 Å². The number of nitrogens with one attached hydrogen (secondary N) is 1. The number of hydrogen-bond acceptors (Lipinski definition) is 7. The van der Waals surface area contributed by atoms with Gasteiger partial charge in [0.15, 0.2) is 9.84 Å². The van der Waals surface area contributed by atoms with Crippen molar-refractivity contribution in [1.82, 2.24) is 5.32 Å². The van der Waals surface area contributed by atoms with E-state index in [1.807, 2.05) is 0 Å². The lowest BCUT2D eigenvalue weighted by Crippen LogP contribution is -2.32. The number of methoxy groups -OCH3 is 1. The number of hydrogen-bond donors (Lipinski definition) is 1. The van der Waals surface area contributed by atoms with Crippen molar-refractivity contribution in [2.24, 2.45) is 0 Å². The lowest BCUT2D eigenvalue weighted by molar-refractivity contribution is -0.385. The molecule has 27 heavy (non-hydrogen) atoms. The summed E-state index contributed by atoms with van der Waals surface area (Å²) in [5, 5.41) is 14.6. The van der Waals surface area contributed by atoms with Gasteiger partial charge in [-0.3, -0.25) is 10.1 Å². The SMILES string of the molecule is COC(=O)C1=C(C)NC2=C(C1c1ccccc1[N+](=O)[O-])S(=O)(=O)CCCC2. The molecule has 1 unspecified atom stereocenters. The first-order chi connectivity index (χ1) is 12.8. The van der Waals surface area contributed by atoms with Gasteiger partial charge in [0.25, 0.3) is 5.69 Å². The van der Waals surface area contributed by atoms with Crippen LogP contribution in [0.2, 0.25) is 0 Å². The zero-order chi connectivity index (χ0) is 19.8. The van der Waals surface area contributed by atoms with Gasteiger partial charge in [0.1, 0.15) is 0 Å². The van der Waals surface area contributed by atoms with Crippen molar-refractivity contribution in [3.63, 3.8) is 0 Å². The fraction of sp³-hybridized carbons (Fsp3) is 0.389. The van der Waals surface area contributed by atoms with E-state index in [0.717, 1.165) is 0 Å². The smallest absolute Gasteiger partial charge is 0.336 e. The minimum Gasteiger partial charge on any atom is -0.466 e. The molecule has 3 rings (SSSR count). The van der Waals surface area contributed by atoms with Crippen LogP contribution in [0.15, 0.2) is 46.1 Å². The first-order valence-electron chi connectivity index (χ1n) is 8.53. The molecule has 1 aromatic rings. The second kappa shape index (κ2) is 7.15. The van der Waals surface area contributed by atoms with Gasteiger partial charge in [0.2, 0.25) is 0 Å². The first kappa shape index (κ1) is 19.1. The summed E-state index contributed by atoms with van der Waals surface area (Å²) in [5.74, 6) is -1.84. The number of carbonyl (C=O) groups excluding carboxylic acids is 1. The molecule has 0 bridgehead atoms. The minimum atomic E-state index is -3.71. The maximum atomic E-state index is 13.0. The molecular formula is C18H20N2O6S. The summed E-state index contributed by atoms with van der Waals surface area (Å²) >= 11 is 0. The Bertz CT molecular complexity index is 977. The summed E-state index contributed by atoms with van der Waals surface area (Å²) in [6, 6.07) is 5.91. The molecule has 1 aromatic carbocycles. The van der Waals surface area contributed by atoms with Gasteiger partial charge in [-0.2, -0.15) is 0 Å². The monoisotopic (exact) mass is 392 g/mol. The highest BCUT2D eigenvalue weighted by atomic mass is 32.2. The summed E-state index contributed by atoms with van der Waals surface area (Å²) in [5.41, 5.74) is 0.962. The van der Waals surface area contributed by atoms with Crippen LogP contribution in [0.25, 0.3) is 0 Å². The van der Waals surface area contributed by atoms with Gasteiger partial charge in [-0.1, -0.05) is 18.2 Å². The standard InChI is InChI=1S/C18H20N2O6S/c1-11-15(18(21)26-2)16(12-7-3-4-9-14(12)20(22)23)17-13(19-11)8-5-6-10-27(17,24)25/h3-4,7,9,16,19H,5-6,8,10H2,1-2H3. The van der Waals surface area contributed by atoms with Gasteiger partial charge >= 0.3 is 5.97 Å². The van der Waals surface area contributed by atoms with Crippen molar-refractivity contribution < 1.29 is 22.9 Å². The highest BCUT2D eigenvalue weighted by molar-refractivity contribution is 7.95. The number of nitrogens with zero attached hydrogens (tertiary/aromatic N) is 1. The number of rotatable bonds is 3. The highest BCUT2D eigenvalue weighted by Crippen LogP contribution is 2.46. The van der Waals surface area contributed by atoms with Crippen LogP contribution >= 0.6 is 0 Å².